The van der Waals surface area contributed by atoms with Crippen molar-refractivity contribution in [3.05, 3.63) is 18.0 Å². The van der Waals surface area contributed by atoms with Crippen LogP contribution in [0.15, 0.2) is 12.3 Å². The Hall–Kier alpha value is -0.830. The summed E-state index contributed by atoms with van der Waals surface area (Å²) in [5.74, 6) is 0.607. The summed E-state index contributed by atoms with van der Waals surface area (Å²) >= 11 is 0. The molecule has 1 aromatic heterocycles. The van der Waals surface area contributed by atoms with Crippen molar-refractivity contribution in [2.75, 3.05) is 0 Å². The summed E-state index contributed by atoms with van der Waals surface area (Å²) in [5, 5.41) is 14.8. The van der Waals surface area contributed by atoms with Crippen LogP contribution in [0.3, 0.4) is 0 Å². The average molecular weight is 194 g/mol. The van der Waals surface area contributed by atoms with Gasteiger partial charge in [-0.05, 0) is 31.2 Å². The van der Waals surface area contributed by atoms with Crippen LogP contribution in [0, 0.1) is 5.92 Å². The third-order valence-electron chi connectivity index (χ3n) is 3.16. The lowest BCUT2D eigenvalue weighted by Gasteiger charge is -2.34. The Morgan fingerprint density at radius 2 is 2.43 bits per heavy atom. The van der Waals surface area contributed by atoms with Gasteiger partial charge < -0.3 is 5.11 Å². The van der Waals surface area contributed by atoms with Crippen LogP contribution in [-0.2, 0) is 12.6 Å². The molecule has 14 heavy (non-hydrogen) atoms. The minimum absolute atomic E-state index is 0.607. The van der Waals surface area contributed by atoms with Gasteiger partial charge in [0.15, 0.2) is 0 Å². The maximum absolute atomic E-state index is 10.5. The van der Waals surface area contributed by atoms with Crippen LogP contribution in [-0.4, -0.2) is 14.9 Å². The molecule has 0 aliphatic heterocycles. The molecule has 1 N–H and O–H groups in total. The number of rotatable bonds is 1. The van der Waals surface area contributed by atoms with Crippen LogP contribution in [0.1, 0.15) is 38.3 Å². The number of aromatic nitrogens is 2. The Kier molecular flexibility index (Phi) is 2.35. The van der Waals surface area contributed by atoms with Gasteiger partial charge in [0.2, 0.25) is 0 Å². The molecule has 1 saturated carbocycles. The van der Waals surface area contributed by atoms with Gasteiger partial charge in [-0.3, -0.25) is 4.68 Å². The highest BCUT2D eigenvalue weighted by molar-refractivity contribution is 5.11. The topological polar surface area (TPSA) is 38.0 Å². The van der Waals surface area contributed by atoms with Crippen molar-refractivity contribution >= 4 is 0 Å². The fourth-order valence-corrected chi connectivity index (χ4v) is 2.42. The summed E-state index contributed by atoms with van der Waals surface area (Å²) in [6.07, 6.45) is 5.94. The minimum atomic E-state index is -0.668. The molecule has 0 amide bonds. The summed E-state index contributed by atoms with van der Waals surface area (Å²) in [6, 6.07) is 1.93. The zero-order valence-electron chi connectivity index (χ0n) is 8.90. The van der Waals surface area contributed by atoms with Gasteiger partial charge in [-0.25, -0.2) is 0 Å². The Balaban J connectivity index is 2.22. The van der Waals surface area contributed by atoms with Crippen LogP contribution in [0.25, 0.3) is 0 Å². The molecule has 1 heterocycles. The Bertz CT molecular complexity index is 321. The molecule has 2 unspecified atom stereocenters. The monoisotopic (exact) mass is 194 g/mol. The second-order valence-corrected chi connectivity index (χ2v) is 4.61. The summed E-state index contributed by atoms with van der Waals surface area (Å²) in [5.41, 5.74) is 0.172. The van der Waals surface area contributed by atoms with Crippen LogP contribution in [0.4, 0.5) is 0 Å². The van der Waals surface area contributed by atoms with E-state index in [0.29, 0.717) is 5.92 Å². The van der Waals surface area contributed by atoms with Gasteiger partial charge in [0.05, 0.1) is 5.69 Å². The molecule has 1 fully saturated rings. The van der Waals surface area contributed by atoms with E-state index < -0.39 is 5.60 Å². The summed E-state index contributed by atoms with van der Waals surface area (Å²) < 4.78 is 1.76. The molecule has 0 bridgehead atoms. The molecule has 3 nitrogen and oxygen atoms in total. The highest BCUT2D eigenvalue weighted by atomic mass is 16.3. The number of hydrogen-bond acceptors (Lipinski definition) is 2. The summed E-state index contributed by atoms with van der Waals surface area (Å²) in [6.45, 7) is 2.20. The van der Waals surface area contributed by atoms with Crippen LogP contribution in [0.5, 0.6) is 0 Å². The standard InChI is InChI=1S/C11H18N2O/c1-9-4-3-6-11(14,8-9)10-5-7-13(2)12-10/h5,7,9,14H,3-4,6,8H2,1-2H3. The maximum atomic E-state index is 10.5. The van der Waals surface area contributed by atoms with E-state index in [2.05, 4.69) is 12.0 Å². The van der Waals surface area contributed by atoms with Crippen molar-refractivity contribution in [3.63, 3.8) is 0 Å². The second-order valence-electron chi connectivity index (χ2n) is 4.61. The van der Waals surface area contributed by atoms with E-state index in [-0.39, 0.29) is 0 Å². The molecule has 0 radical (unpaired) electrons. The molecular weight excluding hydrogens is 176 g/mol. The molecule has 1 aromatic rings. The SMILES string of the molecule is CC1CCCC(O)(c2ccn(C)n2)C1. The average Bonchev–Trinajstić information content (AvgIpc) is 2.52. The first kappa shape index (κ1) is 9.71. The number of aryl methyl sites for hydroxylation is 1. The van der Waals surface area contributed by atoms with E-state index in [1.54, 1.807) is 4.68 Å². The highest BCUT2D eigenvalue weighted by Crippen LogP contribution is 2.38. The van der Waals surface area contributed by atoms with Crippen molar-refractivity contribution in [3.8, 4) is 0 Å². The first-order chi connectivity index (χ1) is 6.60. The van der Waals surface area contributed by atoms with E-state index in [0.717, 1.165) is 25.0 Å². The molecule has 3 heteroatoms. The molecule has 0 spiro atoms. The van der Waals surface area contributed by atoms with Crippen molar-refractivity contribution in [2.45, 2.75) is 38.2 Å². The summed E-state index contributed by atoms with van der Waals surface area (Å²) in [7, 11) is 1.89. The van der Waals surface area contributed by atoms with Gasteiger partial charge in [0.25, 0.3) is 0 Å². The zero-order valence-corrected chi connectivity index (χ0v) is 8.90. The molecule has 1 aliphatic carbocycles. The van der Waals surface area contributed by atoms with Crippen molar-refractivity contribution < 1.29 is 5.11 Å². The smallest absolute Gasteiger partial charge is 0.109 e. The lowest BCUT2D eigenvalue weighted by molar-refractivity contribution is -0.0220. The molecule has 78 valence electrons. The lowest BCUT2D eigenvalue weighted by Crippen LogP contribution is -2.32. The maximum Gasteiger partial charge on any atom is 0.109 e. The minimum Gasteiger partial charge on any atom is -0.383 e. The van der Waals surface area contributed by atoms with Gasteiger partial charge >= 0.3 is 0 Å². The second kappa shape index (κ2) is 3.39. The van der Waals surface area contributed by atoms with Crippen LogP contribution in [0.2, 0.25) is 0 Å². The Morgan fingerprint density at radius 3 is 3.00 bits per heavy atom. The van der Waals surface area contributed by atoms with Gasteiger partial charge in [-0.2, -0.15) is 5.10 Å². The van der Waals surface area contributed by atoms with E-state index in [1.807, 2.05) is 19.3 Å². The van der Waals surface area contributed by atoms with E-state index in [1.165, 1.54) is 6.42 Å². The molecule has 0 aromatic carbocycles. The normalized spacial score (nSPS) is 33.2. The molecule has 0 saturated heterocycles. The van der Waals surface area contributed by atoms with Crippen molar-refractivity contribution in [1.82, 2.24) is 9.78 Å². The first-order valence-electron chi connectivity index (χ1n) is 5.33. The van der Waals surface area contributed by atoms with Crippen molar-refractivity contribution in [2.24, 2.45) is 13.0 Å². The Morgan fingerprint density at radius 1 is 1.64 bits per heavy atom. The number of aliphatic hydroxyl groups is 1. The predicted molar refractivity (Wildman–Crippen MR) is 54.7 cm³/mol. The largest absolute Gasteiger partial charge is 0.383 e. The molecule has 1 aliphatic rings. The van der Waals surface area contributed by atoms with Gasteiger partial charge in [0, 0.05) is 13.2 Å². The third-order valence-corrected chi connectivity index (χ3v) is 3.16. The van der Waals surface area contributed by atoms with E-state index in [9.17, 15) is 5.11 Å². The van der Waals surface area contributed by atoms with Crippen LogP contribution >= 0.6 is 0 Å². The predicted octanol–water partition coefficient (Wildman–Crippen LogP) is 1.82. The lowest BCUT2D eigenvalue weighted by atomic mass is 9.77. The van der Waals surface area contributed by atoms with E-state index in [4.69, 9.17) is 0 Å². The quantitative estimate of drug-likeness (QED) is 0.740. The number of nitrogens with zero attached hydrogens (tertiary/aromatic N) is 2. The number of hydrogen-bond donors (Lipinski definition) is 1. The first-order valence-corrected chi connectivity index (χ1v) is 5.33. The van der Waals surface area contributed by atoms with Crippen LogP contribution < -0.4 is 0 Å². The van der Waals surface area contributed by atoms with Gasteiger partial charge in [-0.15, -0.1) is 0 Å². The Labute approximate surface area is 84.7 Å². The fourth-order valence-electron chi connectivity index (χ4n) is 2.42. The fraction of sp³-hybridized carbons (Fsp3) is 0.727. The van der Waals surface area contributed by atoms with Gasteiger partial charge in [-0.1, -0.05) is 13.3 Å². The molecular formula is C11H18N2O. The molecule has 2 rings (SSSR count). The molecule has 2 atom stereocenters. The van der Waals surface area contributed by atoms with Crippen molar-refractivity contribution in [1.29, 1.82) is 0 Å². The third kappa shape index (κ3) is 1.69. The zero-order chi connectivity index (χ0) is 10.2. The highest BCUT2D eigenvalue weighted by Gasteiger charge is 2.36. The summed E-state index contributed by atoms with van der Waals surface area (Å²) in [4.78, 5) is 0. The van der Waals surface area contributed by atoms with E-state index >= 15 is 0 Å². The van der Waals surface area contributed by atoms with Gasteiger partial charge in [0.1, 0.15) is 5.60 Å².